The molecule has 0 aliphatic rings. The zero-order chi connectivity index (χ0) is 10.4. The quantitative estimate of drug-likeness (QED) is 0.570. The summed E-state index contributed by atoms with van der Waals surface area (Å²) in [6.07, 6.45) is 5.69. The van der Waals surface area contributed by atoms with Gasteiger partial charge in [-0.2, -0.15) is 0 Å². The number of nitrogens with two attached hydrogens (primary N) is 1. The molecule has 0 aliphatic heterocycles. The SMILES string of the molecule is Cc1ccncc1C(=O)CCCCN. The second kappa shape index (κ2) is 5.50. The molecule has 1 rings (SSSR count). The molecule has 14 heavy (non-hydrogen) atoms. The number of Topliss-reactive ketones (excluding diaryl/α,β-unsaturated/α-hetero) is 1. The summed E-state index contributed by atoms with van der Waals surface area (Å²) >= 11 is 0. The number of hydrogen-bond donors (Lipinski definition) is 1. The van der Waals surface area contributed by atoms with E-state index >= 15 is 0 Å². The molecule has 0 aromatic carbocycles. The van der Waals surface area contributed by atoms with Crippen molar-refractivity contribution in [2.45, 2.75) is 26.2 Å². The molecule has 0 bridgehead atoms. The lowest BCUT2D eigenvalue weighted by atomic mass is 10.0. The van der Waals surface area contributed by atoms with Crippen LogP contribution in [0.1, 0.15) is 35.2 Å². The molecule has 0 fully saturated rings. The van der Waals surface area contributed by atoms with Crippen LogP contribution in [0.4, 0.5) is 0 Å². The molecule has 0 unspecified atom stereocenters. The van der Waals surface area contributed by atoms with Crippen molar-refractivity contribution in [2.24, 2.45) is 5.73 Å². The number of nitrogens with zero attached hydrogens (tertiary/aromatic N) is 1. The van der Waals surface area contributed by atoms with Crippen molar-refractivity contribution in [3.8, 4) is 0 Å². The highest BCUT2D eigenvalue weighted by molar-refractivity contribution is 5.97. The van der Waals surface area contributed by atoms with Crippen molar-refractivity contribution in [1.82, 2.24) is 4.98 Å². The van der Waals surface area contributed by atoms with Crippen LogP contribution in [0.2, 0.25) is 0 Å². The summed E-state index contributed by atoms with van der Waals surface area (Å²) in [5.74, 6) is 0.170. The summed E-state index contributed by atoms with van der Waals surface area (Å²) in [6, 6.07) is 1.86. The van der Waals surface area contributed by atoms with E-state index in [1.807, 2.05) is 13.0 Å². The predicted octanol–water partition coefficient (Wildman–Crippen LogP) is 1.70. The second-order valence-corrected chi connectivity index (χ2v) is 3.36. The molecule has 0 spiro atoms. The zero-order valence-electron chi connectivity index (χ0n) is 8.49. The maximum atomic E-state index is 11.7. The van der Waals surface area contributed by atoms with Gasteiger partial charge < -0.3 is 5.73 Å². The van der Waals surface area contributed by atoms with Crippen molar-refractivity contribution >= 4 is 5.78 Å². The molecule has 3 nitrogen and oxygen atoms in total. The summed E-state index contributed by atoms with van der Waals surface area (Å²) in [5.41, 5.74) is 7.10. The fourth-order valence-electron chi connectivity index (χ4n) is 1.32. The van der Waals surface area contributed by atoms with E-state index in [0.29, 0.717) is 13.0 Å². The van der Waals surface area contributed by atoms with Crippen LogP contribution in [0.3, 0.4) is 0 Å². The van der Waals surface area contributed by atoms with Gasteiger partial charge in [0.05, 0.1) is 0 Å². The summed E-state index contributed by atoms with van der Waals surface area (Å²) in [7, 11) is 0. The van der Waals surface area contributed by atoms with E-state index in [-0.39, 0.29) is 5.78 Å². The molecule has 0 aliphatic carbocycles. The van der Waals surface area contributed by atoms with E-state index in [0.717, 1.165) is 24.0 Å². The number of aromatic nitrogens is 1. The second-order valence-electron chi connectivity index (χ2n) is 3.36. The Kier molecular flexibility index (Phi) is 4.26. The van der Waals surface area contributed by atoms with Crippen molar-refractivity contribution in [3.63, 3.8) is 0 Å². The minimum Gasteiger partial charge on any atom is -0.330 e. The van der Waals surface area contributed by atoms with Gasteiger partial charge in [-0.05, 0) is 37.9 Å². The number of carbonyl (C=O) groups excluding carboxylic acids is 1. The largest absolute Gasteiger partial charge is 0.330 e. The third-order valence-electron chi connectivity index (χ3n) is 2.20. The smallest absolute Gasteiger partial charge is 0.164 e. The van der Waals surface area contributed by atoms with Crippen LogP contribution >= 0.6 is 0 Å². The maximum Gasteiger partial charge on any atom is 0.164 e. The fourth-order valence-corrected chi connectivity index (χ4v) is 1.32. The monoisotopic (exact) mass is 192 g/mol. The Morgan fingerprint density at radius 1 is 1.50 bits per heavy atom. The van der Waals surface area contributed by atoms with Gasteiger partial charge in [-0.1, -0.05) is 0 Å². The number of aryl methyl sites for hydroxylation is 1. The molecule has 76 valence electrons. The Morgan fingerprint density at radius 3 is 2.93 bits per heavy atom. The summed E-state index contributed by atoms with van der Waals surface area (Å²) < 4.78 is 0. The van der Waals surface area contributed by atoms with Gasteiger partial charge in [0, 0.05) is 24.4 Å². The number of carbonyl (C=O) groups is 1. The average molecular weight is 192 g/mol. The highest BCUT2D eigenvalue weighted by Crippen LogP contribution is 2.09. The van der Waals surface area contributed by atoms with E-state index in [1.165, 1.54) is 0 Å². The van der Waals surface area contributed by atoms with E-state index < -0.39 is 0 Å². The van der Waals surface area contributed by atoms with E-state index in [4.69, 9.17) is 5.73 Å². The van der Waals surface area contributed by atoms with Crippen LogP contribution in [0.5, 0.6) is 0 Å². The molecule has 0 amide bonds. The lowest BCUT2D eigenvalue weighted by molar-refractivity contribution is 0.0978. The van der Waals surface area contributed by atoms with Gasteiger partial charge in [-0.15, -0.1) is 0 Å². The highest BCUT2D eigenvalue weighted by Gasteiger charge is 2.07. The maximum absolute atomic E-state index is 11.7. The van der Waals surface area contributed by atoms with Gasteiger partial charge in [0.15, 0.2) is 5.78 Å². The minimum absolute atomic E-state index is 0.170. The van der Waals surface area contributed by atoms with Crippen LogP contribution in [0.25, 0.3) is 0 Å². The van der Waals surface area contributed by atoms with Gasteiger partial charge in [0.25, 0.3) is 0 Å². The normalized spacial score (nSPS) is 10.1. The van der Waals surface area contributed by atoms with E-state index in [2.05, 4.69) is 4.98 Å². The Labute approximate surface area is 84.3 Å². The summed E-state index contributed by atoms with van der Waals surface area (Å²) in [5, 5.41) is 0. The van der Waals surface area contributed by atoms with Crippen LogP contribution in [0.15, 0.2) is 18.5 Å². The van der Waals surface area contributed by atoms with Crippen LogP contribution in [-0.2, 0) is 0 Å². The molecule has 3 heteroatoms. The van der Waals surface area contributed by atoms with Gasteiger partial charge >= 0.3 is 0 Å². The van der Waals surface area contributed by atoms with E-state index in [9.17, 15) is 4.79 Å². The van der Waals surface area contributed by atoms with Crippen LogP contribution < -0.4 is 5.73 Å². The number of rotatable bonds is 5. The van der Waals surface area contributed by atoms with Crippen molar-refractivity contribution < 1.29 is 4.79 Å². The van der Waals surface area contributed by atoms with E-state index in [1.54, 1.807) is 12.4 Å². The third kappa shape index (κ3) is 2.92. The molecule has 0 atom stereocenters. The highest BCUT2D eigenvalue weighted by atomic mass is 16.1. The molecule has 1 aromatic heterocycles. The van der Waals surface area contributed by atoms with Crippen LogP contribution in [0, 0.1) is 6.92 Å². The molecular weight excluding hydrogens is 176 g/mol. The third-order valence-corrected chi connectivity index (χ3v) is 2.20. The molecule has 2 N–H and O–H groups in total. The van der Waals surface area contributed by atoms with Crippen molar-refractivity contribution in [3.05, 3.63) is 29.6 Å². The van der Waals surface area contributed by atoms with Gasteiger partial charge in [0.2, 0.25) is 0 Å². The van der Waals surface area contributed by atoms with Gasteiger partial charge in [-0.3, -0.25) is 9.78 Å². The molecule has 1 aromatic rings. The Hall–Kier alpha value is -1.22. The topological polar surface area (TPSA) is 56.0 Å². The molecule has 0 saturated carbocycles. The van der Waals surface area contributed by atoms with Crippen molar-refractivity contribution in [1.29, 1.82) is 0 Å². The standard InChI is InChI=1S/C11H16N2O/c1-9-5-7-13-8-10(9)11(14)4-2-3-6-12/h5,7-8H,2-4,6,12H2,1H3. The molecular formula is C11H16N2O. The first-order valence-corrected chi connectivity index (χ1v) is 4.89. The van der Waals surface area contributed by atoms with Gasteiger partial charge in [-0.25, -0.2) is 0 Å². The summed E-state index contributed by atoms with van der Waals surface area (Å²) in [6.45, 7) is 2.58. The first-order valence-electron chi connectivity index (χ1n) is 4.89. The number of hydrogen-bond acceptors (Lipinski definition) is 3. The predicted molar refractivity (Wildman–Crippen MR) is 56.2 cm³/mol. The van der Waals surface area contributed by atoms with Gasteiger partial charge in [0.1, 0.15) is 0 Å². The first kappa shape index (κ1) is 10.9. The Morgan fingerprint density at radius 2 is 2.29 bits per heavy atom. The summed E-state index contributed by atoms with van der Waals surface area (Å²) in [4.78, 5) is 15.6. The fraction of sp³-hybridized carbons (Fsp3) is 0.455. The molecule has 1 heterocycles. The number of unbranched alkanes of at least 4 members (excludes halogenated alkanes) is 1. The number of ketones is 1. The zero-order valence-corrected chi connectivity index (χ0v) is 8.49. The first-order chi connectivity index (χ1) is 6.75. The van der Waals surface area contributed by atoms with Crippen molar-refractivity contribution in [2.75, 3.05) is 6.54 Å². The Balaban J connectivity index is 2.56. The average Bonchev–Trinajstić information content (AvgIpc) is 2.18. The molecule has 0 radical (unpaired) electrons. The lowest BCUT2D eigenvalue weighted by Gasteiger charge is -2.02. The minimum atomic E-state index is 0.170. The number of pyridine rings is 1. The molecule has 0 saturated heterocycles. The Bertz CT molecular complexity index is 310. The van der Waals surface area contributed by atoms with Crippen LogP contribution in [-0.4, -0.2) is 17.3 Å². The lowest BCUT2D eigenvalue weighted by Crippen LogP contribution is -2.04.